The van der Waals surface area contributed by atoms with Crippen LogP contribution < -0.4 is 10.2 Å². The Morgan fingerprint density at radius 1 is 1.03 bits per heavy atom. The summed E-state index contributed by atoms with van der Waals surface area (Å²) in [4.78, 5) is 6.70. The predicted octanol–water partition coefficient (Wildman–Crippen LogP) is 6.61. The van der Waals surface area contributed by atoms with Crippen molar-refractivity contribution in [3.05, 3.63) is 107 Å². The summed E-state index contributed by atoms with van der Waals surface area (Å²) < 4.78 is 20.0. The maximum atomic E-state index is 14.2. The van der Waals surface area contributed by atoms with Gasteiger partial charge in [0, 0.05) is 16.9 Å². The number of hydrogen-bond donors (Lipinski definition) is 1. The Bertz CT molecular complexity index is 1430. The van der Waals surface area contributed by atoms with E-state index in [4.69, 9.17) is 21.7 Å². The first-order valence-corrected chi connectivity index (χ1v) is 11.9. The lowest BCUT2D eigenvalue weighted by Crippen LogP contribution is -2.46. The van der Waals surface area contributed by atoms with E-state index in [2.05, 4.69) is 29.5 Å². The zero-order chi connectivity index (χ0) is 24.5. The Kier molecular flexibility index (Phi) is 6.17. The van der Waals surface area contributed by atoms with Crippen molar-refractivity contribution in [2.24, 2.45) is 0 Å². The highest BCUT2D eigenvalue weighted by Crippen LogP contribution is 2.39. The molecule has 0 aliphatic carbocycles. The Labute approximate surface area is 209 Å². The Morgan fingerprint density at radius 2 is 1.80 bits per heavy atom. The summed E-state index contributed by atoms with van der Waals surface area (Å²) in [6.45, 7) is 6.12. The fourth-order valence-corrected chi connectivity index (χ4v) is 4.70. The van der Waals surface area contributed by atoms with Gasteiger partial charge in [0.1, 0.15) is 5.82 Å². The first-order chi connectivity index (χ1) is 16.9. The van der Waals surface area contributed by atoms with E-state index in [0.717, 1.165) is 40.1 Å². The second-order valence-electron chi connectivity index (χ2n) is 8.58. The van der Waals surface area contributed by atoms with Crippen LogP contribution in [0.2, 0.25) is 0 Å². The number of hydrogen-bond acceptors (Lipinski definition) is 4. The van der Waals surface area contributed by atoms with E-state index in [1.165, 1.54) is 17.7 Å². The topological polar surface area (TPSA) is 54.2 Å². The summed E-state index contributed by atoms with van der Waals surface area (Å²) in [5.74, 6) is 0.529. The molecular weight excluding hydrogens is 459 g/mol. The van der Waals surface area contributed by atoms with E-state index in [1.807, 2.05) is 61.2 Å². The maximum absolute atomic E-state index is 14.2. The first kappa shape index (κ1) is 22.9. The van der Waals surface area contributed by atoms with Crippen LogP contribution >= 0.6 is 12.2 Å². The number of nitrogens with zero attached hydrogens (tertiary/aromatic N) is 3. The van der Waals surface area contributed by atoms with Crippen LogP contribution in [-0.4, -0.2) is 15.3 Å². The molecule has 5 nitrogen and oxygen atoms in total. The van der Waals surface area contributed by atoms with Crippen LogP contribution in [0, 0.1) is 12.7 Å². The molecule has 0 bridgehead atoms. The van der Waals surface area contributed by atoms with Crippen LogP contribution in [0.4, 0.5) is 10.1 Å². The molecule has 0 amide bonds. The van der Waals surface area contributed by atoms with E-state index >= 15 is 0 Å². The number of aromatic nitrogens is 2. The van der Waals surface area contributed by atoms with Gasteiger partial charge in [-0.1, -0.05) is 66.2 Å². The highest BCUT2D eigenvalue weighted by atomic mass is 32.1. The van der Waals surface area contributed by atoms with Crippen molar-refractivity contribution in [2.45, 2.75) is 33.2 Å². The molecule has 0 fully saturated rings. The molecule has 1 aliphatic heterocycles. The van der Waals surface area contributed by atoms with Crippen LogP contribution in [0.3, 0.4) is 0 Å². The lowest BCUT2D eigenvalue weighted by Gasteiger charge is -2.37. The molecule has 3 aromatic carbocycles. The predicted molar refractivity (Wildman–Crippen MR) is 140 cm³/mol. The minimum atomic E-state index is -0.449. The number of halogens is 1. The van der Waals surface area contributed by atoms with E-state index < -0.39 is 6.04 Å². The number of anilines is 1. The molecule has 1 unspecified atom stereocenters. The zero-order valence-corrected chi connectivity index (χ0v) is 20.6. The first-order valence-electron chi connectivity index (χ1n) is 11.5. The van der Waals surface area contributed by atoms with Gasteiger partial charge in [0.2, 0.25) is 5.82 Å². The summed E-state index contributed by atoms with van der Waals surface area (Å²) in [6.07, 6.45) is 0.910. The number of benzene rings is 3. The summed E-state index contributed by atoms with van der Waals surface area (Å²) >= 11 is 5.79. The number of aryl methyl sites for hydroxylation is 2. The third-order valence-corrected chi connectivity index (χ3v) is 6.51. The molecule has 0 saturated heterocycles. The lowest BCUT2D eigenvalue weighted by atomic mass is 9.94. The maximum Gasteiger partial charge on any atom is 0.258 e. The van der Waals surface area contributed by atoms with Crippen molar-refractivity contribution in [2.75, 3.05) is 4.90 Å². The van der Waals surface area contributed by atoms with Crippen molar-refractivity contribution in [1.82, 2.24) is 15.5 Å². The van der Waals surface area contributed by atoms with Crippen LogP contribution in [0.25, 0.3) is 17.0 Å². The van der Waals surface area contributed by atoms with Gasteiger partial charge in [0.25, 0.3) is 5.89 Å². The van der Waals surface area contributed by atoms with Crippen molar-refractivity contribution < 1.29 is 8.91 Å². The van der Waals surface area contributed by atoms with Gasteiger partial charge in [-0.15, -0.1) is 0 Å². The molecule has 0 spiro atoms. The van der Waals surface area contributed by atoms with Gasteiger partial charge < -0.3 is 9.84 Å². The quantitative estimate of drug-likeness (QED) is 0.322. The lowest BCUT2D eigenvalue weighted by molar-refractivity contribution is 0.404. The van der Waals surface area contributed by atoms with Crippen molar-refractivity contribution >= 4 is 28.6 Å². The summed E-state index contributed by atoms with van der Waals surface area (Å²) in [6, 6.07) is 22.2. The smallest absolute Gasteiger partial charge is 0.258 e. The molecule has 1 N–H and O–H groups in total. The Hall–Kier alpha value is -3.84. The SMILES string of the molecule is CCc1cccc(N2C(=S)NC(c3cccc(F)c3)C(c3nc(-c4ccc(C)cc4)no3)=C2C)c1. The van der Waals surface area contributed by atoms with Gasteiger partial charge in [0.05, 0.1) is 11.6 Å². The van der Waals surface area contributed by atoms with Gasteiger partial charge in [-0.3, -0.25) is 4.90 Å². The average molecular weight is 485 g/mol. The number of nitrogens with one attached hydrogen (secondary N) is 1. The van der Waals surface area contributed by atoms with E-state index in [1.54, 1.807) is 6.07 Å². The fourth-order valence-electron chi connectivity index (χ4n) is 4.34. The molecule has 2 heterocycles. The van der Waals surface area contributed by atoms with Gasteiger partial charge in [-0.05, 0) is 67.9 Å². The average Bonchev–Trinajstić information content (AvgIpc) is 3.34. The summed E-state index contributed by atoms with van der Waals surface area (Å²) in [5, 5.41) is 8.15. The van der Waals surface area contributed by atoms with Gasteiger partial charge >= 0.3 is 0 Å². The molecule has 176 valence electrons. The summed E-state index contributed by atoms with van der Waals surface area (Å²) in [5.41, 5.74) is 6.46. The van der Waals surface area contributed by atoms with Crippen LogP contribution in [0.5, 0.6) is 0 Å². The molecule has 0 saturated carbocycles. The molecular formula is C28H25FN4OS. The van der Waals surface area contributed by atoms with Crippen molar-refractivity contribution in [3.63, 3.8) is 0 Å². The van der Waals surface area contributed by atoms with Gasteiger partial charge in [-0.25, -0.2) is 4.39 Å². The van der Waals surface area contributed by atoms with E-state index in [9.17, 15) is 4.39 Å². The molecule has 1 aliphatic rings. The van der Waals surface area contributed by atoms with Crippen molar-refractivity contribution in [3.8, 4) is 11.4 Å². The highest BCUT2D eigenvalue weighted by Gasteiger charge is 2.35. The molecule has 4 aromatic rings. The second-order valence-corrected chi connectivity index (χ2v) is 8.97. The monoisotopic (exact) mass is 484 g/mol. The summed E-state index contributed by atoms with van der Waals surface area (Å²) in [7, 11) is 0. The Morgan fingerprint density at radius 3 is 2.54 bits per heavy atom. The molecule has 35 heavy (non-hydrogen) atoms. The van der Waals surface area contributed by atoms with Gasteiger partial charge in [0.15, 0.2) is 5.11 Å². The number of allylic oxidation sites excluding steroid dienone is 1. The van der Waals surface area contributed by atoms with Crippen LogP contribution in [0.15, 0.2) is 83.0 Å². The van der Waals surface area contributed by atoms with E-state index in [-0.39, 0.29) is 5.82 Å². The Balaban J connectivity index is 1.66. The van der Waals surface area contributed by atoms with Crippen molar-refractivity contribution in [1.29, 1.82) is 0 Å². The zero-order valence-electron chi connectivity index (χ0n) is 19.7. The minimum Gasteiger partial charge on any atom is -0.351 e. The molecule has 1 aromatic heterocycles. The standard InChI is InChI=1S/C28H25FN4OS/c1-4-19-7-5-10-23(15-19)33-18(3)24(25(30-28(33)35)21-8-6-9-22(29)16-21)27-31-26(32-34-27)20-13-11-17(2)12-14-20/h5-16,25H,4H2,1-3H3,(H,30,35). The normalized spacial score (nSPS) is 15.9. The third kappa shape index (κ3) is 4.47. The molecule has 7 heteroatoms. The minimum absolute atomic E-state index is 0.323. The second kappa shape index (κ2) is 9.43. The fraction of sp³-hybridized carbons (Fsp3) is 0.179. The number of thiocarbonyl (C=S) groups is 1. The third-order valence-electron chi connectivity index (χ3n) is 6.21. The largest absolute Gasteiger partial charge is 0.351 e. The molecule has 1 atom stereocenters. The van der Waals surface area contributed by atoms with E-state index in [0.29, 0.717) is 16.8 Å². The van der Waals surface area contributed by atoms with Crippen LogP contribution in [-0.2, 0) is 6.42 Å². The molecule has 5 rings (SSSR count). The molecule has 0 radical (unpaired) electrons. The highest BCUT2D eigenvalue weighted by molar-refractivity contribution is 7.80. The van der Waals surface area contributed by atoms with Crippen LogP contribution in [0.1, 0.15) is 42.5 Å². The van der Waals surface area contributed by atoms with Gasteiger partial charge in [-0.2, -0.15) is 4.98 Å². The number of rotatable bonds is 5.